The molecule has 110 valence electrons. The molecule has 5 heteroatoms. The number of hydrogen-bond donors (Lipinski definition) is 1. The van der Waals surface area contributed by atoms with Gasteiger partial charge in [0.15, 0.2) is 0 Å². The van der Waals surface area contributed by atoms with E-state index in [4.69, 9.17) is 0 Å². The summed E-state index contributed by atoms with van der Waals surface area (Å²) in [5.41, 5.74) is 1.54. The summed E-state index contributed by atoms with van der Waals surface area (Å²) >= 11 is 1.64. The number of nitrogens with zero attached hydrogens (tertiary/aromatic N) is 2. The van der Waals surface area contributed by atoms with Crippen LogP contribution in [0.15, 0.2) is 35.7 Å². The highest BCUT2D eigenvalue weighted by Crippen LogP contribution is 2.31. The van der Waals surface area contributed by atoms with E-state index < -0.39 is 11.4 Å². The first-order chi connectivity index (χ1) is 10.1. The first kappa shape index (κ1) is 14.2. The van der Waals surface area contributed by atoms with Gasteiger partial charge in [-0.25, -0.2) is 4.98 Å². The van der Waals surface area contributed by atoms with E-state index in [2.05, 4.69) is 27.4 Å². The summed E-state index contributed by atoms with van der Waals surface area (Å²) in [7, 11) is 0. The number of aliphatic carboxylic acids is 1. The van der Waals surface area contributed by atoms with Gasteiger partial charge in [0.1, 0.15) is 5.01 Å². The van der Waals surface area contributed by atoms with E-state index in [0.717, 1.165) is 29.4 Å². The van der Waals surface area contributed by atoms with E-state index in [1.807, 2.05) is 25.1 Å². The van der Waals surface area contributed by atoms with Crippen LogP contribution in [0.3, 0.4) is 0 Å². The smallest absolute Gasteiger partial charge is 0.310 e. The topological polar surface area (TPSA) is 53.4 Å². The molecule has 21 heavy (non-hydrogen) atoms. The van der Waals surface area contributed by atoms with Crippen molar-refractivity contribution in [2.24, 2.45) is 5.41 Å². The number of aromatic nitrogens is 1. The maximum atomic E-state index is 11.3. The molecule has 1 unspecified atom stereocenters. The molecule has 4 nitrogen and oxygen atoms in total. The van der Waals surface area contributed by atoms with Crippen molar-refractivity contribution in [3.63, 3.8) is 0 Å². The van der Waals surface area contributed by atoms with Gasteiger partial charge in [-0.05, 0) is 19.9 Å². The van der Waals surface area contributed by atoms with Crippen LogP contribution < -0.4 is 0 Å². The first-order valence-electron chi connectivity index (χ1n) is 7.02. The van der Waals surface area contributed by atoms with Crippen molar-refractivity contribution in [1.82, 2.24) is 9.88 Å². The third kappa shape index (κ3) is 2.99. The van der Waals surface area contributed by atoms with Crippen LogP contribution in [0.1, 0.15) is 19.0 Å². The number of thiazole rings is 1. The SMILES string of the molecule is CC1(C(=O)O)CCN(Cc2csc(-c3ccccc3)n2)C1. The highest BCUT2D eigenvalue weighted by Gasteiger charge is 2.40. The molecule has 0 spiro atoms. The van der Waals surface area contributed by atoms with Gasteiger partial charge < -0.3 is 5.11 Å². The Morgan fingerprint density at radius 3 is 2.86 bits per heavy atom. The van der Waals surface area contributed by atoms with Gasteiger partial charge in [0.2, 0.25) is 0 Å². The molecule has 0 aliphatic carbocycles. The minimum absolute atomic E-state index is 0.598. The lowest BCUT2D eigenvalue weighted by atomic mass is 9.90. The molecule has 1 saturated heterocycles. The molecule has 1 aromatic heterocycles. The zero-order chi connectivity index (χ0) is 14.9. The number of benzene rings is 1. The molecule has 3 rings (SSSR count). The molecular formula is C16H18N2O2S. The largest absolute Gasteiger partial charge is 0.481 e. The first-order valence-corrected chi connectivity index (χ1v) is 7.90. The molecular weight excluding hydrogens is 284 g/mol. The Balaban J connectivity index is 1.68. The van der Waals surface area contributed by atoms with Crippen molar-refractivity contribution in [3.05, 3.63) is 41.4 Å². The molecule has 2 heterocycles. The van der Waals surface area contributed by atoms with Crippen LogP contribution >= 0.6 is 11.3 Å². The second kappa shape index (κ2) is 5.58. The molecule has 2 aromatic rings. The summed E-state index contributed by atoms with van der Waals surface area (Å²) in [5, 5.41) is 12.4. The normalized spacial score (nSPS) is 22.5. The zero-order valence-corrected chi connectivity index (χ0v) is 12.8. The average Bonchev–Trinajstić information content (AvgIpc) is 3.08. The number of rotatable bonds is 4. The number of likely N-dealkylation sites (tertiary alicyclic amines) is 1. The van der Waals surface area contributed by atoms with E-state index >= 15 is 0 Å². The minimum Gasteiger partial charge on any atom is -0.481 e. The second-order valence-electron chi connectivity index (χ2n) is 5.84. The Morgan fingerprint density at radius 2 is 2.19 bits per heavy atom. The van der Waals surface area contributed by atoms with Gasteiger partial charge in [0, 0.05) is 24.0 Å². The minimum atomic E-state index is -0.701. The number of carboxylic acids is 1. The van der Waals surface area contributed by atoms with Gasteiger partial charge in [-0.3, -0.25) is 9.69 Å². The maximum Gasteiger partial charge on any atom is 0.310 e. The monoisotopic (exact) mass is 302 g/mol. The van der Waals surface area contributed by atoms with Crippen molar-refractivity contribution in [3.8, 4) is 10.6 Å². The van der Waals surface area contributed by atoms with Crippen molar-refractivity contribution >= 4 is 17.3 Å². The molecule has 0 radical (unpaired) electrons. The average molecular weight is 302 g/mol. The Bertz CT molecular complexity index is 641. The van der Waals surface area contributed by atoms with Crippen LogP contribution in [-0.2, 0) is 11.3 Å². The van der Waals surface area contributed by atoms with Crippen LogP contribution in [0.25, 0.3) is 10.6 Å². The van der Waals surface area contributed by atoms with Crippen LogP contribution in [0.2, 0.25) is 0 Å². The Kier molecular flexibility index (Phi) is 3.78. The third-order valence-corrected chi connectivity index (χ3v) is 4.97. The van der Waals surface area contributed by atoms with Gasteiger partial charge in [-0.15, -0.1) is 11.3 Å². The van der Waals surface area contributed by atoms with Crippen molar-refractivity contribution < 1.29 is 9.90 Å². The summed E-state index contributed by atoms with van der Waals surface area (Å²) in [6.07, 6.45) is 0.706. The molecule has 1 aromatic carbocycles. The van der Waals surface area contributed by atoms with Crippen molar-refractivity contribution in [2.75, 3.05) is 13.1 Å². The lowest BCUT2D eigenvalue weighted by molar-refractivity contribution is -0.147. The zero-order valence-electron chi connectivity index (χ0n) is 12.0. The molecule has 1 aliphatic heterocycles. The van der Waals surface area contributed by atoms with Gasteiger partial charge in [0.25, 0.3) is 0 Å². The van der Waals surface area contributed by atoms with Gasteiger partial charge >= 0.3 is 5.97 Å². The summed E-state index contributed by atoms with van der Waals surface area (Å²) < 4.78 is 0. The van der Waals surface area contributed by atoms with E-state index in [-0.39, 0.29) is 0 Å². The third-order valence-electron chi connectivity index (χ3n) is 4.03. The van der Waals surface area contributed by atoms with Gasteiger partial charge in [-0.2, -0.15) is 0 Å². The molecule has 1 N–H and O–H groups in total. The fraction of sp³-hybridized carbons (Fsp3) is 0.375. The maximum absolute atomic E-state index is 11.3. The van der Waals surface area contributed by atoms with Crippen LogP contribution in [0, 0.1) is 5.41 Å². The summed E-state index contributed by atoms with van der Waals surface area (Å²) in [5.74, 6) is -0.701. The van der Waals surface area contributed by atoms with Crippen molar-refractivity contribution in [1.29, 1.82) is 0 Å². The summed E-state index contributed by atoms with van der Waals surface area (Å²) in [6, 6.07) is 10.1. The summed E-state index contributed by atoms with van der Waals surface area (Å²) in [4.78, 5) is 18.1. The lowest BCUT2D eigenvalue weighted by Gasteiger charge is -2.19. The molecule has 1 aliphatic rings. The van der Waals surface area contributed by atoms with Crippen LogP contribution in [-0.4, -0.2) is 34.0 Å². The fourth-order valence-electron chi connectivity index (χ4n) is 2.69. The number of carbonyl (C=O) groups is 1. The molecule has 1 atom stereocenters. The van der Waals surface area contributed by atoms with Crippen LogP contribution in [0.5, 0.6) is 0 Å². The van der Waals surface area contributed by atoms with Gasteiger partial charge in [0.05, 0.1) is 11.1 Å². The fourth-order valence-corrected chi connectivity index (χ4v) is 3.51. The number of hydrogen-bond acceptors (Lipinski definition) is 4. The van der Waals surface area contributed by atoms with E-state index in [1.165, 1.54) is 0 Å². The van der Waals surface area contributed by atoms with Gasteiger partial charge in [-0.1, -0.05) is 30.3 Å². The van der Waals surface area contributed by atoms with E-state index in [9.17, 15) is 9.90 Å². The Labute approximate surface area is 128 Å². The highest BCUT2D eigenvalue weighted by atomic mass is 32.1. The standard InChI is InChI=1S/C16H18N2O2S/c1-16(15(19)20)7-8-18(11-16)9-13-10-21-14(17-13)12-5-3-2-4-6-12/h2-6,10H,7-9,11H2,1H3,(H,19,20). The predicted molar refractivity (Wildman–Crippen MR) is 83.2 cm³/mol. The van der Waals surface area contributed by atoms with E-state index in [0.29, 0.717) is 13.0 Å². The molecule has 0 amide bonds. The highest BCUT2D eigenvalue weighted by molar-refractivity contribution is 7.13. The van der Waals surface area contributed by atoms with E-state index in [1.54, 1.807) is 11.3 Å². The Morgan fingerprint density at radius 1 is 1.43 bits per heavy atom. The van der Waals surface area contributed by atoms with Crippen LogP contribution in [0.4, 0.5) is 0 Å². The lowest BCUT2D eigenvalue weighted by Crippen LogP contribution is -2.31. The molecule has 1 fully saturated rings. The Hall–Kier alpha value is -1.72. The predicted octanol–water partition coefficient (Wildman–Crippen LogP) is 3.11. The molecule has 0 bridgehead atoms. The number of carboxylic acid groups (broad SMARTS) is 1. The quantitative estimate of drug-likeness (QED) is 0.943. The molecule has 0 saturated carbocycles. The van der Waals surface area contributed by atoms with Crippen molar-refractivity contribution in [2.45, 2.75) is 19.9 Å². The second-order valence-corrected chi connectivity index (χ2v) is 6.69. The summed E-state index contributed by atoms with van der Waals surface area (Å²) in [6.45, 7) is 3.97.